The SMILES string of the molecule is CC1=C(C(=O)OC(C)C)C(c2cc(Br)ccc2OCc2ccccc2C)n2nc(SCc3ccccc3Cl)nc2N1. The van der Waals surface area contributed by atoms with Gasteiger partial charge in [-0.1, -0.05) is 81.8 Å². The lowest BCUT2D eigenvalue weighted by atomic mass is 9.95. The molecule has 1 N–H and O–H groups in total. The summed E-state index contributed by atoms with van der Waals surface area (Å²) in [6, 6.07) is 21.0. The van der Waals surface area contributed by atoms with E-state index in [9.17, 15) is 4.79 Å². The molecule has 0 bridgehead atoms. The van der Waals surface area contributed by atoms with Crippen LogP contribution in [0.2, 0.25) is 5.02 Å². The van der Waals surface area contributed by atoms with E-state index in [1.54, 1.807) is 4.68 Å². The summed E-state index contributed by atoms with van der Waals surface area (Å²) in [7, 11) is 0. The van der Waals surface area contributed by atoms with Gasteiger partial charge in [0, 0.05) is 26.5 Å². The number of ether oxygens (including phenoxy) is 2. The van der Waals surface area contributed by atoms with Gasteiger partial charge in [-0.05, 0) is 68.7 Å². The number of rotatable bonds is 9. The Morgan fingerprint density at radius 1 is 1.10 bits per heavy atom. The van der Waals surface area contributed by atoms with Crippen LogP contribution in [0.15, 0.2) is 87.6 Å². The molecule has 212 valence electrons. The summed E-state index contributed by atoms with van der Waals surface area (Å²) in [5.74, 6) is 1.34. The van der Waals surface area contributed by atoms with Crippen molar-refractivity contribution in [2.45, 2.75) is 57.4 Å². The average Bonchev–Trinajstić information content (AvgIpc) is 3.33. The van der Waals surface area contributed by atoms with Gasteiger partial charge in [0.1, 0.15) is 18.4 Å². The van der Waals surface area contributed by atoms with Gasteiger partial charge in [-0.3, -0.25) is 0 Å². The Morgan fingerprint density at radius 2 is 1.83 bits per heavy atom. The number of carbonyl (C=O) groups excluding carboxylic acids is 1. The summed E-state index contributed by atoms with van der Waals surface area (Å²) in [4.78, 5) is 18.3. The van der Waals surface area contributed by atoms with Crippen LogP contribution in [-0.4, -0.2) is 26.8 Å². The third-order valence-electron chi connectivity index (χ3n) is 6.62. The van der Waals surface area contributed by atoms with Crippen molar-refractivity contribution in [1.82, 2.24) is 14.8 Å². The summed E-state index contributed by atoms with van der Waals surface area (Å²) in [5, 5.41) is 9.37. The number of thioether (sulfide) groups is 1. The van der Waals surface area contributed by atoms with Gasteiger partial charge in [0.25, 0.3) is 0 Å². The molecule has 1 aliphatic rings. The van der Waals surface area contributed by atoms with Crippen molar-refractivity contribution in [1.29, 1.82) is 0 Å². The molecule has 1 atom stereocenters. The second kappa shape index (κ2) is 12.7. The van der Waals surface area contributed by atoms with Crippen LogP contribution in [0.4, 0.5) is 5.95 Å². The Hall–Kier alpha value is -3.27. The first-order valence-electron chi connectivity index (χ1n) is 13.2. The van der Waals surface area contributed by atoms with Gasteiger partial charge < -0.3 is 14.8 Å². The third-order valence-corrected chi connectivity index (χ3v) is 8.37. The van der Waals surface area contributed by atoms with E-state index in [0.29, 0.717) is 45.5 Å². The maximum Gasteiger partial charge on any atom is 0.338 e. The Bertz CT molecular complexity index is 1620. The molecule has 2 heterocycles. The molecule has 1 unspecified atom stereocenters. The summed E-state index contributed by atoms with van der Waals surface area (Å²) < 4.78 is 14.7. The monoisotopic (exact) mass is 652 g/mol. The Labute approximate surface area is 257 Å². The van der Waals surface area contributed by atoms with Crippen molar-refractivity contribution in [3.8, 4) is 5.75 Å². The topological polar surface area (TPSA) is 78.3 Å². The Morgan fingerprint density at radius 3 is 2.56 bits per heavy atom. The first-order valence-corrected chi connectivity index (χ1v) is 15.3. The molecule has 0 spiro atoms. The number of hydrogen-bond acceptors (Lipinski definition) is 7. The minimum Gasteiger partial charge on any atom is -0.489 e. The highest BCUT2D eigenvalue weighted by atomic mass is 79.9. The van der Waals surface area contributed by atoms with Crippen LogP contribution in [0.5, 0.6) is 5.75 Å². The van der Waals surface area contributed by atoms with Crippen molar-refractivity contribution in [3.05, 3.63) is 110 Å². The molecule has 0 amide bonds. The fraction of sp³-hybridized carbons (Fsp3) is 0.258. The van der Waals surface area contributed by atoms with Gasteiger partial charge in [-0.25, -0.2) is 9.48 Å². The number of anilines is 1. The second-order valence-corrected chi connectivity index (χ2v) is 12.2. The number of esters is 1. The number of halogens is 2. The van der Waals surface area contributed by atoms with Crippen LogP contribution in [0.3, 0.4) is 0 Å². The Kier molecular flexibility index (Phi) is 9.06. The molecule has 4 aromatic rings. The van der Waals surface area contributed by atoms with Crippen LogP contribution in [0.1, 0.15) is 49.1 Å². The van der Waals surface area contributed by atoms with E-state index >= 15 is 0 Å². The molecule has 10 heteroatoms. The van der Waals surface area contributed by atoms with Gasteiger partial charge in [-0.15, -0.1) is 5.10 Å². The highest BCUT2D eigenvalue weighted by Crippen LogP contribution is 2.42. The van der Waals surface area contributed by atoms with Crippen LogP contribution in [-0.2, 0) is 21.9 Å². The first-order chi connectivity index (χ1) is 19.7. The van der Waals surface area contributed by atoms with Crippen molar-refractivity contribution >= 4 is 51.2 Å². The molecule has 41 heavy (non-hydrogen) atoms. The van der Waals surface area contributed by atoms with Gasteiger partial charge >= 0.3 is 5.97 Å². The number of aromatic nitrogens is 3. The van der Waals surface area contributed by atoms with Crippen LogP contribution in [0.25, 0.3) is 0 Å². The van der Waals surface area contributed by atoms with E-state index in [1.165, 1.54) is 11.8 Å². The predicted octanol–water partition coefficient (Wildman–Crippen LogP) is 8.11. The maximum absolute atomic E-state index is 13.5. The lowest BCUT2D eigenvalue weighted by Gasteiger charge is -2.29. The number of hydrogen-bond donors (Lipinski definition) is 1. The maximum atomic E-state index is 13.5. The molecule has 3 aromatic carbocycles. The van der Waals surface area contributed by atoms with E-state index in [4.69, 9.17) is 31.2 Å². The smallest absolute Gasteiger partial charge is 0.338 e. The number of nitrogens with one attached hydrogen (secondary N) is 1. The predicted molar refractivity (Wildman–Crippen MR) is 166 cm³/mol. The standard InChI is InChI=1S/C31H30BrClN4O3S/c1-18(2)40-29(38)27-20(4)34-30-35-31(41-17-22-11-7-8-12-25(22)33)36-37(30)28(27)24-15-23(32)13-14-26(24)39-16-21-10-6-5-9-19(21)3/h5-15,18,28H,16-17H2,1-4H3,(H,34,35,36). The van der Waals surface area contributed by atoms with E-state index in [1.807, 2.05) is 81.4 Å². The van der Waals surface area contributed by atoms with E-state index in [2.05, 4.69) is 34.2 Å². The van der Waals surface area contributed by atoms with Gasteiger partial charge in [-0.2, -0.15) is 4.98 Å². The van der Waals surface area contributed by atoms with Crippen molar-refractivity contribution < 1.29 is 14.3 Å². The zero-order valence-corrected chi connectivity index (χ0v) is 26.3. The van der Waals surface area contributed by atoms with Gasteiger partial charge in [0.05, 0.1) is 11.7 Å². The largest absolute Gasteiger partial charge is 0.489 e. The summed E-state index contributed by atoms with van der Waals surface area (Å²) in [6.45, 7) is 7.95. The molecule has 7 nitrogen and oxygen atoms in total. The molecule has 0 saturated carbocycles. The molecule has 0 aliphatic carbocycles. The van der Waals surface area contributed by atoms with Gasteiger partial charge in [0.15, 0.2) is 0 Å². The first kappa shape index (κ1) is 29.2. The summed E-state index contributed by atoms with van der Waals surface area (Å²) >= 11 is 11.5. The van der Waals surface area contributed by atoms with Crippen molar-refractivity contribution in [2.24, 2.45) is 0 Å². The molecule has 1 aromatic heterocycles. The minimum atomic E-state index is -0.635. The fourth-order valence-corrected chi connectivity index (χ4v) is 6.07. The quantitative estimate of drug-likeness (QED) is 0.144. The van der Waals surface area contributed by atoms with Crippen LogP contribution < -0.4 is 10.1 Å². The van der Waals surface area contributed by atoms with E-state index < -0.39 is 12.0 Å². The number of nitrogens with zero attached hydrogens (tertiary/aromatic N) is 3. The Balaban J connectivity index is 1.55. The van der Waals surface area contributed by atoms with Crippen LogP contribution in [0, 0.1) is 6.92 Å². The molecule has 0 radical (unpaired) electrons. The molecular formula is C31H30BrClN4O3S. The van der Waals surface area contributed by atoms with Crippen LogP contribution >= 0.6 is 39.3 Å². The highest BCUT2D eigenvalue weighted by molar-refractivity contribution is 9.10. The number of fused-ring (bicyclic) bond motifs is 1. The fourth-order valence-electron chi connectivity index (χ4n) is 4.57. The highest BCUT2D eigenvalue weighted by Gasteiger charge is 2.37. The van der Waals surface area contributed by atoms with E-state index in [-0.39, 0.29) is 6.10 Å². The lowest BCUT2D eigenvalue weighted by molar-refractivity contribution is -0.143. The average molecular weight is 654 g/mol. The molecular weight excluding hydrogens is 624 g/mol. The number of allylic oxidation sites excluding steroid dienone is 1. The molecule has 0 fully saturated rings. The molecule has 1 aliphatic heterocycles. The second-order valence-electron chi connectivity index (χ2n) is 9.96. The number of benzene rings is 3. The zero-order chi connectivity index (χ0) is 29.1. The normalized spacial score (nSPS) is 14.6. The minimum absolute atomic E-state index is 0.290. The van der Waals surface area contributed by atoms with E-state index in [0.717, 1.165) is 26.7 Å². The molecule has 5 rings (SSSR count). The lowest BCUT2D eigenvalue weighted by Crippen LogP contribution is -2.31. The number of carbonyl (C=O) groups is 1. The van der Waals surface area contributed by atoms with Crippen molar-refractivity contribution in [3.63, 3.8) is 0 Å². The third kappa shape index (κ3) is 6.63. The number of aryl methyl sites for hydroxylation is 1. The summed E-state index contributed by atoms with van der Waals surface area (Å²) in [5.41, 5.74) is 5.07. The summed E-state index contributed by atoms with van der Waals surface area (Å²) in [6.07, 6.45) is -0.290. The van der Waals surface area contributed by atoms with Crippen molar-refractivity contribution in [2.75, 3.05) is 5.32 Å². The zero-order valence-electron chi connectivity index (χ0n) is 23.2. The van der Waals surface area contributed by atoms with Gasteiger partial charge in [0.2, 0.25) is 11.1 Å². The molecule has 0 saturated heterocycles.